The molecule has 6 heteroatoms. The quantitative estimate of drug-likeness (QED) is 0.575. The summed E-state index contributed by atoms with van der Waals surface area (Å²) in [6, 6.07) is 14.3. The van der Waals surface area contributed by atoms with E-state index in [4.69, 9.17) is 0 Å². The van der Waals surface area contributed by atoms with Crippen LogP contribution in [0, 0.1) is 0 Å². The number of halogens is 1. The molecular weight excluding hydrogens is 334 g/mol. The summed E-state index contributed by atoms with van der Waals surface area (Å²) in [5.74, 6) is -0.163. The first-order valence-corrected chi connectivity index (χ1v) is 7.04. The van der Waals surface area contributed by atoms with Crippen molar-refractivity contribution >= 4 is 33.7 Å². The van der Waals surface area contributed by atoms with E-state index in [0.717, 1.165) is 10.2 Å². The van der Waals surface area contributed by atoms with Gasteiger partial charge in [0.1, 0.15) is 5.75 Å². The average molecular weight is 348 g/mol. The number of hydrazone groups is 1. The molecule has 0 radical (unpaired) electrons. The number of nitrogens with zero attached hydrogens (tertiary/aromatic N) is 1. The van der Waals surface area contributed by atoms with E-state index in [2.05, 4.69) is 31.8 Å². The molecule has 3 N–H and O–H groups in total. The third-order valence-corrected chi connectivity index (χ3v) is 3.10. The summed E-state index contributed by atoms with van der Waals surface area (Å²) in [5.41, 5.74) is 3.77. The van der Waals surface area contributed by atoms with Crippen LogP contribution in [0.1, 0.15) is 5.56 Å². The Kier molecular flexibility index (Phi) is 5.34. The van der Waals surface area contributed by atoms with Crippen molar-refractivity contribution in [3.63, 3.8) is 0 Å². The molecule has 1 amide bonds. The molecule has 0 saturated heterocycles. The third kappa shape index (κ3) is 4.92. The minimum atomic E-state index is -0.276. The minimum Gasteiger partial charge on any atom is -0.507 e. The van der Waals surface area contributed by atoms with Gasteiger partial charge in [0.15, 0.2) is 0 Å². The second-order valence-corrected chi connectivity index (χ2v) is 5.13. The maximum atomic E-state index is 11.6. The molecule has 0 bridgehead atoms. The Morgan fingerprint density at radius 1 is 1.24 bits per heavy atom. The Balaban J connectivity index is 1.81. The highest BCUT2D eigenvalue weighted by atomic mass is 79.9. The van der Waals surface area contributed by atoms with Gasteiger partial charge in [-0.2, -0.15) is 5.10 Å². The molecule has 0 fully saturated rings. The van der Waals surface area contributed by atoms with Crippen LogP contribution in [-0.2, 0) is 4.79 Å². The van der Waals surface area contributed by atoms with Crippen LogP contribution in [0.15, 0.2) is 58.1 Å². The van der Waals surface area contributed by atoms with Crippen molar-refractivity contribution in [3.05, 3.63) is 58.6 Å². The standard InChI is InChI=1S/C15H14BrN3O2/c16-12-5-3-6-13(8-12)17-10-15(21)19-18-9-11-4-1-2-7-14(11)20/h1-9,17,20H,10H2,(H,19,21)/b18-9+. The summed E-state index contributed by atoms with van der Waals surface area (Å²) >= 11 is 3.36. The summed E-state index contributed by atoms with van der Waals surface area (Å²) in [7, 11) is 0. The van der Waals surface area contributed by atoms with Gasteiger partial charge in [-0.25, -0.2) is 5.43 Å². The maximum absolute atomic E-state index is 11.6. The van der Waals surface area contributed by atoms with Crippen LogP contribution in [0.3, 0.4) is 0 Å². The lowest BCUT2D eigenvalue weighted by Gasteiger charge is -2.05. The summed E-state index contributed by atoms with van der Waals surface area (Å²) in [5, 5.41) is 16.3. The average Bonchev–Trinajstić information content (AvgIpc) is 2.47. The zero-order chi connectivity index (χ0) is 15.1. The van der Waals surface area contributed by atoms with E-state index in [9.17, 15) is 9.90 Å². The number of nitrogens with one attached hydrogen (secondary N) is 2. The minimum absolute atomic E-state index is 0.106. The first kappa shape index (κ1) is 15.1. The molecular formula is C15H14BrN3O2. The molecule has 5 nitrogen and oxygen atoms in total. The van der Waals surface area contributed by atoms with Crippen molar-refractivity contribution < 1.29 is 9.90 Å². The molecule has 0 unspecified atom stereocenters. The number of phenols is 1. The molecule has 0 heterocycles. The molecule has 0 saturated carbocycles. The number of para-hydroxylation sites is 1. The number of hydrogen-bond acceptors (Lipinski definition) is 4. The van der Waals surface area contributed by atoms with E-state index in [1.807, 2.05) is 24.3 Å². The van der Waals surface area contributed by atoms with Crippen LogP contribution in [0.5, 0.6) is 5.75 Å². The van der Waals surface area contributed by atoms with Crippen molar-refractivity contribution in [1.82, 2.24) is 5.43 Å². The predicted molar refractivity (Wildman–Crippen MR) is 86.5 cm³/mol. The molecule has 0 aliphatic carbocycles. The SMILES string of the molecule is O=C(CNc1cccc(Br)c1)N/N=C/c1ccccc1O. The summed E-state index contributed by atoms with van der Waals surface area (Å²) in [6.07, 6.45) is 1.40. The predicted octanol–water partition coefficient (Wildman–Crippen LogP) is 2.72. The summed E-state index contributed by atoms with van der Waals surface area (Å²) in [4.78, 5) is 11.6. The Bertz CT molecular complexity index is 659. The molecule has 2 rings (SSSR count). The first-order valence-electron chi connectivity index (χ1n) is 6.24. The van der Waals surface area contributed by atoms with E-state index < -0.39 is 0 Å². The van der Waals surface area contributed by atoms with E-state index in [1.54, 1.807) is 24.3 Å². The van der Waals surface area contributed by atoms with Gasteiger partial charge in [0.2, 0.25) is 0 Å². The summed E-state index contributed by atoms with van der Waals surface area (Å²) < 4.78 is 0.936. The molecule has 2 aromatic carbocycles. The normalized spacial score (nSPS) is 10.5. The van der Waals surface area contributed by atoms with Crippen LogP contribution >= 0.6 is 15.9 Å². The Morgan fingerprint density at radius 2 is 2.05 bits per heavy atom. The lowest BCUT2D eigenvalue weighted by molar-refractivity contribution is -0.119. The third-order valence-electron chi connectivity index (χ3n) is 2.61. The van der Waals surface area contributed by atoms with E-state index in [-0.39, 0.29) is 18.2 Å². The molecule has 2 aromatic rings. The second kappa shape index (κ2) is 7.44. The van der Waals surface area contributed by atoms with Crippen LogP contribution < -0.4 is 10.7 Å². The number of anilines is 1. The van der Waals surface area contributed by atoms with Gasteiger partial charge in [-0.05, 0) is 30.3 Å². The molecule has 0 atom stereocenters. The number of carbonyl (C=O) groups excluding carboxylic acids is 1. The smallest absolute Gasteiger partial charge is 0.259 e. The van der Waals surface area contributed by atoms with Gasteiger partial charge in [0, 0.05) is 15.7 Å². The van der Waals surface area contributed by atoms with Crippen molar-refractivity contribution in [2.24, 2.45) is 5.10 Å². The Morgan fingerprint density at radius 3 is 2.81 bits per heavy atom. The molecule has 0 aliphatic rings. The Hall–Kier alpha value is -2.34. The highest BCUT2D eigenvalue weighted by Crippen LogP contribution is 2.15. The molecule has 21 heavy (non-hydrogen) atoms. The van der Waals surface area contributed by atoms with Crippen LogP contribution in [0.25, 0.3) is 0 Å². The fourth-order valence-corrected chi connectivity index (χ4v) is 1.99. The summed E-state index contributed by atoms with van der Waals surface area (Å²) in [6.45, 7) is 0.106. The van der Waals surface area contributed by atoms with Gasteiger partial charge in [-0.3, -0.25) is 4.79 Å². The van der Waals surface area contributed by atoms with Gasteiger partial charge in [0.05, 0.1) is 12.8 Å². The number of carbonyl (C=O) groups is 1. The van der Waals surface area contributed by atoms with Gasteiger partial charge in [-0.15, -0.1) is 0 Å². The van der Waals surface area contributed by atoms with Gasteiger partial charge in [0.25, 0.3) is 5.91 Å². The zero-order valence-corrected chi connectivity index (χ0v) is 12.7. The maximum Gasteiger partial charge on any atom is 0.259 e. The number of phenolic OH excluding ortho intramolecular Hbond substituents is 1. The number of rotatable bonds is 5. The van der Waals surface area contributed by atoms with Crippen molar-refractivity contribution in [1.29, 1.82) is 0 Å². The van der Waals surface area contributed by atoms with E-state index >= 15 is 0 Å². The van der Waals surface area contributed by atoms with Crippen molar-refractivity contribution in [3.8, 4) is 5.75 Å². The van der Waals surface area contributed by atoms with Crippen molar-refractivity contribution in [2.45, 2.75) is 0 Å². The number of hydrogen-bond donors (Lipinski definition) is 3. The zero-order valence-electron chi connectivity index (χ0n) is 11.1. The van der Waals surface area contributed by atoms with Gasteiger partial charge < -0.3 is 10.4 Å². The van der Waals surface area contributed by atoms with Gasteiger partial charge in [-0.1, -0.05) is 34.1 Å². The van der Waals surface area contributed by atoms with Crippen molar-refractivity contribution in [2.75, 3.05) is 11.9 Å². The van der Waals surface area contributed by atoms with E-state index in [0.29, 0.717) is 5.56 Å². The highest BCUT2D eigenvalue weighted by molar-refractivity contribution is 9.10. The topological polar surface area (TPSA) is 73.7 Å². The van der Waals surface area contributed by atoms with Gasteiger partial charge >= 0.3 is 0 Å². The molecule has 0 aliphatic heterocycles. The Labute approximate surface area is 130 Å². The monoisotopic (exact) mass is 347 g/mol. The fourth-order valence-electron chi connectivity index (χ4n) is 1.59. The molecule has 0 aromatic heterocycles. The van der Waals surface area contributed by atoms with Crippen LogP contribution in [0.4, 0.5) is 5.69 Å². The second-order valence-electron chi connectivity index (χ2n) is 4.22. The number of amides is 1. The largest absolute Gasteiger partial charge is 0.507 e. The van der Waals surface area contributed by atoms with Crippen LogP contribution in [-0.4, -0.2) is 23.8 Å². The lowest BCUT2D eigenvalue weighted by atomic mass is 10.2. The van der Waals surface area contributed by atoms with Crippen LogP contribution in [0.2, 0.25) is 0 Å². The fraction of sp³-hybridized carbons (Fsp3) is 0.0667. The number of benzene rings is 2. The first-order chi connectivity index (χ1) is 10.1. The number of aromatic hydroxyl groups is 1. The van der Waals surface area contributed by atoms with E-state index in [1.165, 1.54) is 6.21 Å². The molecule has 108 valence electrons. The highest BCUT2D eigenvalue weighted by Gasteiger charge is 2.00. The molecule has 0 spiro atoms. The lowest BCUT2D eigenvalue weighted by Crippen LogP contribution is -2.25.